The maximum absolute atomic E-state index is 13.3. The number of hydrogen-bond acceptors (Lipinski definition) is 4. The Labute approximate surface area is 151 Å². The summed E-state index contributed by atoms with van der Waals surface area (Å²) < 4.78 is 18.5. The number of rotatable bonds is 5. The van der Waals surface area contributed by atoms with Crippen molar-refractivity contribution in [2.75, 3.05) is 13.2 Å². The predicted octanol–water partition coefficient (Wildman–Crippen LogP) is 3.76. The molecule has 0 spiro atoms. The third kappa shape index (κ3) is 3.74. The van der Waals surface area contributed by atoms with Crippen LogP contribution in [0.1, 0.15) is 42.2 Å². The normalized spacial score (nSPS) is 13.6. The molecule has 0 N–H and O–H groups in total. The second-order valence-electron chi connectivity index (χ2n) is 6.26. The Morgan fingerprint density at radius 1 is 1.31 bits per heavy atom. The number of nitrogens with zero attached hydrogens (tertiary/aromatic N) is 2. The van der Waals surface area contributed by atoms with Gasteiger partial charge in [-0.05, 0) is 51.3 Å². The van der Waals surface area contributed by atoms with E-state index in [1.165, 1.54) is 12.1 Å². The summed E-state index contributed by atoms with van der Waals surface area (Å²) in [5.41, 5.74) is 2.19. The number of ether oxygens (including phenoxy) is 1. The number of carbonyl (C=O) groups is 2. The van der Waals surface area contributed by atoms with Gasteiger partial charge in [0.1, 0.15) is 5.82 Å². The zero-order valence-corrected chi connectivity index (χ0v) is 14.9. The first-order valence-electron chi connectivity index (χ1n) is 8.73. The van der Waals surface area contributed by atoms with E-state index in [0.29, 0.717) is 23.1 Å². The highest BCUT2D eigenvalue weighted by Gasteiger charge is 2.21. The fourth-order valence-electron chi connectivity index (χ4n) is 3.16. The van der Waals surface area contributed by atoms with E-state index >= 15 is 0 Å². The molecule has 6 heteroatoms. The molecule has 0 radical (unpaired) electrons. The van der Waals surface area contributed by atoms with Gasteiger partial charge in [-0.1, -0.05) is 6.08 Å². The van der Waals surface area contributed by atoms with Crippen LogP contribution in [0, 0.1) is 12.7 Å². The van der Waals surface area contributed by atoms with Crippen molar-refractivity contribution in [3.05, 3.63) is 53.1 Å². The number of likely N-dealkylation sites (N-methyl/N-ethyl adjacent to an activating group) is 1. The second-order valence-corrected chi connectivity index (χ2v) is 6.26. The van der Waals surface area contributed by atoms with E-state index in [1.54, 1.807) is 24.0 Å². The Balaban J connectivity index is 1.71. The zero-order valence-electron chi connectivity index (χ0n) is 14.9. The van der Waals surface area contributed by atoms with Gasteiger partial charge in [-0.2, -0.15) is 0 Å². The number of aromatic nitrogens is 1. The Hall–Kier alpha value is -2.76. The molecule has 136 valence electrons. The molecule has 2 aromatic rings. The number of amides is 1. The molecule has 0 aliphatic heterocycles. The molecule has 26 heavy (non-hydrogen) atoms. The highest BCUT2D eigenvalue weighted by atomic mass is 19.1. The number of esters is 1. The third-order valence-corrected chi connectivity index (χ3v) is 4.50. The summed E-state index contributed by atoms with van der Waals surface area (Å²) in [5.74, 6) is -1.22. The van der Waals surface area contributed by atoms with Gasteiger partial charge < -0.3 is 9.64 Å². The van der Waals surface area contributed by atoms with Crippen molar-refractivity contribution >= 4 is 22.8 Å². The minimum Gasteiger partial charge on any atom is -0.452 e. The van der Waals surface area contributed by atoms with E-state index in [-0.39, 0.29) is 23.9 Å². The molecule has 1 aliphatic rings. The van der Waals surface area contributed by atoms with Crippen molar-refractivity contribution in [1.29, 1.82) is 0 Å². The Bertz CT molecular complexity index is 892. The lowest BCUT2D eigenvalue weighted by Gasteiger charge is -2.22. The Morgan fingerprint density at radius 2 is 2.12 bits per heavy atom. The summed E-state index contributed by atoms with van der Waals surface area (Å²) in [6.07, 6.45) is 4.94. The molecule has 1 aromatic heterocycles. The van der Waals surface area contributed by atoms with Crippen LogP contribution >= 0.6 is 0 Å². The third-order valence-electron chi connectivity index (χ3n) is 4.50. The van der Waals surface area contributed by atoms with Crippen LogP contribution in [0.25, 0.3) is 10.9 Å². The summed E-state index contributed by atoms with van der Waals surface area (Å²) in [6, 6.07) is 5.80. The summed E-state index contributed by atoms with van der Waals surface area (Å²) >= 11 is 0. The lowest BCUT2D eigenvalue weighted by molar-refractivity contribution is -0.132. The van der Waals surface area contributed by atoms with Crippen molar-refractivity contribution in [3.8, 4) is 0 Å². The largest absolute Gasteiger partial charge is 0.452 e. The van der Waals surface area contributed by atoms with Crippen LogP contribution in [0.15, 0.2) is 36.0 Å². The Kier molecular flexibility index (Phi) is 5.30. The molecular formula is C20H21FN2O3. The summed E-state index contributed by atoms with van der Waals surface area (Å²) in [7, 11) is 0. The van der Waals surface area contributed by atoms with Crippen molar-refractivity contribution in [3.63, 3.8) is 0 Å². The van der Waals surface area contributed by atoms with Crippen molar-refractivity contribution in [2.45, 2.75) is 33.1 Å². The standard InChI is InChI=1S/C20H21FN2O3/c1-3-23(16-6-4-5-7-16)19(24)12-26-20(25)17-10-14-8-9-15(21)11-18(14)22-13(17)2/h6,8-11H,3-5,7,12H2,1-2H3. The van der Waals surface area contributed by atoms with Gasteiger partial charge in [0.05, 0.1) is 16.8 Å². The highest BCUT2D eigenvalue weighted by molar-refractivity contribution is 5.96. The van der Waals surface area contributed by atoms with Gasteiger partial charge in [-0.25, -0.2) is 9.18 Å². The van der Waals surface area contributed by atoms with Crippen LogP contribution in [0.3, 0.4) is 0 Å². The van der Waals surface area contributed by atoms with E-state index in [4.69, 9.17) is 4.74 Å². The van der Waals surface area contributed by atoms with Gasteiger partial charge >= 0.3 is 5.97 Å². The summed E-state index contributed by atoms with van der Waals surface area (Å²) in [6.45, 7) is 3.79. The fourth-order valence-corrected chi connectivity index (χ4v) is 3.16. The first kappa shape index (κ1) is 18.0. The minimum atomic E-state index is -0.606. The molecule has 1 aliphatic carbocycles. The van der Waals surface area contributed by atoms with Crippen molar-refractivity contribution in [1.82, 2.24) is 9.88 Å². The van der Waals surface area contributed by atoms with E-state index in [2.05, 4.69) is 11.1 Å². The molecule has 1 aromatic carbocycles. The van der Waals surface area contributed by atoms with E-state index in [1.807, 2.05) is 6.92 Å². The monoisotopic (exact) mass is 356 g/mol. The van der Waals surface area contributed by atoms with E-state index in [0.717, 1.165) is 25.0 Å². The Morgan fingerprint density at radius 3 is 2.81 bits per heavy atom. The molecule has 1 amide bonds. The molecule has 0 atom stereocenters. The SMILES string of the molecule is CCN(C(=O)COC(=O)c1cc2ccc(F)cc2nc1C)C1=CCCC1. The van der Waals surface area contributed by atoms with Crippen molar-refractivity contribution in [2.24, 2.45) is 0 Å². The van der Waals surface area contributed by atoms with Gasteiger partial charge in [0.15, 0.2) is 6.61 Å². The predicted molar refractivity (Wildman–Crippen MR) is 96.0 cm³/mol. The average Bonchev–Trinajstić information content (AvgIpc) is 3.14. The van der Waals surface area contributed by atoms with E-state index < -0.39 is 5.97 Å². The molecule has 0 saturated carbocycles. The van der Waals surface area contributed by atoms with Crippen LogP contribution in [0.2, 0.25) is 0 Å². The number of carbonyl (C=O) groups excluding carboxylic acids is 2. The number of pyridine rings is 1. The van der Waals surface area contributed by atoms with Gasteiger partial charge in [0.25, 0.3) is 5.91 Å². The van der Waals surface area contributed by atoms with Gasteiger partial charge in [-0.15, -0.1) is 0 Å². The maximum Gasteiger partial charge on any atom is 0.340 e. The average molecular weight is 356 g/mol. The number of allylic oxidation sites excluding steroid dienone is 2. The van der Waals surface area contributed by atoms with Crippen LogP contribution in [-0.4, -0.2) is 34.9 Å². The van der Waals surface area contributed by atoms with Crippen LogP contribution in [0.4, 0.5) is 4.39 Å². The number of aryl methyl sites for hydroxylation is 1. The maximum atomic E-state index is 13.3. The van der Waals surface area contributed by atoms with Crippen molar-refractivity contribution < 1.29 is 18.7 Å². The van der Waals surface area contributed by atoms with Gasteiger partial charge in [0, 0.05) is 23.7 Å². The summed E-state index contributed by atoms with van der Waals surface area (Å²) in [5, 5.41) is 0.640. The number of hydrogen-bond donors (Lipinski definition) is 0. The topological polar surface area (TPSA) is 59.5 Å². The first-order valence-corrected chi connectivity index (χ1v) is 8.73. The molecule has 5 nitrogen and oxygen atoms in total. The lowest BCUT2D eigenvalue weighted by Crippen LogP contribution is -2.33. The molecule has 0 unspecified atom stereocenters. The number of benzene rings is 1. The first-order chi connectivity index (χ1) is 12.5. The van der Waals surface area contributed by atoms with Gasteiger partial charge in [-0.3, -0.25) is 9.78 Å². The summed E-state index contributed by atoms with van der Waals surface area (Å²) in [4.78, 5) is 30.7. The molecule has 0 saturated heterocycles. The molecular weight excluding hydrogens is 335 g/mol. The molecule has 0 bridgehead atoms. The number of halogens is 1. The smallest absolute Gasteiger partial charge is 0.340 e. The number of fused-ring (bicyclic) bond motifs is 1. The molecule has 1 heterocycles. The zero-order chi connectivity index (χ0) is 18.7. The fraction of sp³-hybridized carbons (Fsp3) is 0.350. The van der Waals surface area contributed by atoms with E-state index in [9.17, 15) is 14.0 Å². The van der Waals surface area contributed by atoms with Crippen LogP contribution in [-0.2, 0) is 9.53 Å². The quantitative estimate of drug-likeness (QED) is 0.766. The highest BCUT2D eigenvalue weighted by Crippen LogP contribution is 2.22. The van der Waals surface area contributed by atoms with Crippen LogP contribution < -0.4 is 0 Å². The molecule has 3 rings (SSSR count). The second kappa shape index (κ2) is 7.64. The molecule has 0 fully saturated rings. The minimum absolute atomic E-state index is 0.234. The lowest BCUT2D eigenvalue weighted by atomic mass is 10.1. The van der Waals surface area contributed by atoms with Gasteiger partial charge in [0.2, 0.25) is 0 Å². The van der Waals surface area contributed by atoms with Crippen LogP contribution in [0.5, 0.6) is 0 Å².